The number of aromatic nitrogens is 1. The lowest BCUT2D eigenvalue weighted by Crippen LogP contribution is -2.33. The fraction of sp³-hybridized carbons (Fsp3) is 0.455. The summed E-state index contributed by atoms with van der Waals surface area (Å²) in [6.45, 7) is 4.44. The van der Waals surface area contributed by atoms with Crippen molar-refractivity contribution in [3.63, 3.8) is 0 Å². The monoisotopic (exact) mass is 223 g/mol. The van der Waals surface area contributed by atoms with Gasteiger partial charge in [0.1, 0.15) is 0 Å². The number of primary amides is 1. The second-order valence-corrected chi connectivity index (χ2v) is 3.60. The van der Waals surface area contributed by atoms with Gasteiger partial charge in [0.2, 0.25) is 5.91 Å². The van der Waals surface area contributed by atoms with Gasteiger partial charge in [0.15, 0.2) is 0 Å². The highest BCUT2D eigenvalue weighted by molar-refractivity contribution is 5.79. The number of rotatable bonds is 5. The number of nitrogens with two attached hydrogens (primary N) is 1. The normalized spacial score (nSPS) is 12.2. The summed E-state index contributed by atoms with van der Waals surface area (Å²) in [4.78, 5) is 16.8. The average molecular weight is 223 g/mol. The lowest BCUT2D eigenvalue weighted by molar-refractivity contribution is -0.116. The maximum absolute atomic E-state index is 10.8. The Bertz CT molecular complexity index is 349. The van der Waals surface area contributed by atoms with Crippen LogP contribution >= 0.6 is 0 Å². The molecule has 0 aliphatic heterocycles. The Balaban J connectivity index is 2.82. The fourth-order valence-electron chi connectivity index (χ4n) is 1.41. The molecule has 16 heavy (non-hydrogen) atoms. The van der Waals surface area contributed by atoms with Crippen LogP contribution in [0, 0.1) is 0 Å². The predicted molar refractivity (Wildman–Crippen MR) is 62.0 cm³/mol. The summed E-state index contributed by atoms with van der Waals surface area (Å²) in [7, 11) is 0. The van der Waals surface area contributed by atoms with Crippen molar-refractivity contribution in [2.45, 2.75) is 20.0 Å². The molecule has 5 nitrogen and oxygen atoms in total. The van der Waals surface area contributed by atoms with Crippen molar-refractivity contribution in [3.05, 3.63) is 24.0 Å². The number of anilines is 1. The Labute approximate surface area is 94.9 Å². The maximum Gasteiger partial charge on any atom is 0.236 e. The first kappa shape index (κ1) is 12.4. The van der Waals surface area contributed by atoms with E-state index in [0.29, 0.717) is 12.2 Å². The van der Waals surface area contributed by atoms with Gasteiger partial charge in [0.25, 0.3) is 0 Å². The number of hydrogen-bond donors (Lipinski definition) is 2. The van der Waals surface area contributed by atoms with E-state index in [2.05, 4.69) is 4.98 Å². The molecule has 0 bridgehead atoms. The van der Waals surface area contributed by atoms with Crippen molar-refractivity contribution in [1.29, 1.82) is 0 Å². The van der Waals surface area contributed by atoms with Crippen LogP contribution < -0.4 is 10.6 Å². The van der Waals surface area contributed by atoms with E-state index in [9.17, 15) is 9.90 Å². The van der Waals surface area contributed by atoms with Crippen LogP contribution in [-0.2, 0) is 4.79 Å². The molecule has 0 radical (unpaired) electrons. The molecule has 1 atom stereocenters. The molecule has 5 heteroatoms. The molecular formula is C11H17N3O2. The van der Waals surface area contributed by atoms with Crippen LogP contribution in [0.15, 0.2) is 18.3 Å². The van der Waals surface area contributed by atoms with Crippen molar-refractivity contribution < 1.29 is 9.90 Å². The molecule has 0 aliphatic carbocycles. The smallest absolute Gasteiger partial charge is 0.236 e. The SMILES string of the molecule is CCN(CC(N)=O)c1ccc(C(C)O)nc1. The van der Waals surface area contributed by atoms with Gasteiger partial charge < -0.3 is 15.7 Å². The first-order valence-electron chi connectivity index (χ1n) is 5.21. The minimum Gasteiger partial charge on any atom is -0.387 e. The molecule has 3 N–H and O–H groups in total. The summed E-state index contributed by atoms with van der Waals surface area (Å²) in [5.74, 6) is -0.374. The number of pyridine rings is 1. The molecule has 0 saturated carbocycles. The number of nitrogens with zero attached hydrogens (tertiary/aromatic N) is 2. The molecule has 1 aromatic rings. The van der Waals surface area contributed by atoms with Crippen molar-refractivity contribution in [2.24, 2.45) is 5.73 Å². The minimum absolute atomic E-state index is 0.173. The summed E-state index contributed by atoms with van der Waals surface area (Å²) < 4.78 is 0. The Kier molecular flexibility index (Phi) is 4.25. The number of aliphatic hydroxyl groups excluding tert-OH is 1. The molecule has 0 spiro atoms. The number of hydrogen-bond acceptors (Lipinski definition) is 4. The van der Waals surface area contributed by atoms with E-state index in [1.54, 1.807) is 19.2 Å². The van der Waals surface area contributed by atoms with Gasteiger partial charge in [-0.3, -0.25) is 9.78 Å². The quantitative estimate of drug-likeness (QED) is 0.759. The molecule has 88 valence electrons. The van der Waals surface area contributed by atoms with Gasteiger partial charge in [-0.05, 0) is 26.0 Å². The minimum atomic E-state index is -0.583. The van der Waals surface area contributed by atoms with Crippen molar-refractivity contribution in [3.8, 4) is 0 Å². The van der Waals surface area contributed by atoms with E-state index in [0.717, 1.165) is 5.69 Å². The van der Waals surface area contributed by atoms with Crippen LogP contribution in [0.1, 0.15) is 25.6 Å². The average Bonchev–Trinajstić information content (AvgIpc) is 2.25. The number of amides is 1. The third kappa shape index (κ3) is 3.20. The predicted octanol–water partition coefficient (Wildman–Crippen LogP) is 0.446. The highest BCUT2D eigenvalue weighted by atomic mass is 16.3. The summed E-state index contributed by atoms with van der Waals surface area (Å²) in [6.07, 6.45) is 1.05. The van der Waals surface area contributed by atoms with E-state index in [4.69, 9.17) is 5.73 Å². The van der Waals surface area contributed by atoms with Crippen LogP contribution in [0.5, 0.6) is 0 Å². The molecule has 1 amide bonds. The lowest BCUT2D eigenvalue weighted by Gasteiger charge is -2.21. The maximum atomic E-state index is 10.8. The van der Waals surface area contributed by atoms with Gasteiger partial charge in [0, 0.05) is 6.54 Å². The molecule has 0 aliphatic rings. The Morgan fingerprint density at radius 1 is 1.62 bits per heavy atom. The summed E-state index contributed by atoms with van der Waals surface area (Å²) >= 11 is 0. The Hall–Kier alpha value is -1.62. The van der Waals surface area contributed by atoms with E-state index in [1.807, 2.05) is 17.9 Å². The van der Waals surface area contributed by atoms with Crippen LogP contribution in [0.2, 0.25) is 0 Å². The molecule has 0 saturated heterocycles. The first-order chi connectivity index (χ1) is 7.54. The Morgan fingerprint density at radius 2 is 2.31 bits per heavy atom. The number of carbonyl (C=O) groups excluding carboxylic acids is 1. The molecule has 1 rings (SSSR count). The van der Waals surface area contributed by atoms with Gasteiger partial charge >= 0.3 is 0 Å². The molecule has 1 unspecified atom stereocenters. The van der Waals surface area contributed by atoms with Crippen LogP contribution in [0.25, 0.3) is 0 Å². The highest BCUT2D eigenvalue weighted by Crippen LogP contribution is 2.15. The number of aliphatic hydroxyl groups is 1. The first-order valence-corrected chi connectivity index (χ1v) is 5.21. The summed E-state index contributed by atoms with van der Waals surface area (Å²) in [5.41, 5.74) is 6.58. The van der Waals surface area contributed by atoms with E-state index in [1.165, 1.54) is 0 Å². The molecule has 1 heterocycles. The van der Waals surface area contributed by atoms with Crippen molar-refractivity contribution in [2.75, 3.05) is 18.0 Å². The second-order valence-electron chi connectivity index (χ2n) is 3.60. The van der Waals surface area contributed by atoms with E-state index >= 15 is 0 Å². The Morgan fingerprint density at radius 3 is 2.69 bits per heavy atom. The van der Waals surface area contributed by atoms with Gasteiger partial charge in [-0.1, -0.05) is 0 Å². The topological polar surface area (TPSA) is 79.5 Å². The molecule has 1 aromatic heterocycles. The van der Waals surface area contributed by atoms with Gasteiger partial charge in [-0.2, -0.15) is 0 Å². The fourth-order valence-corrected chi connectivity index (χ4v) is 1.41. The van der Waals surface area contributed by atoms with Crippen LogP contribution in [0.3, 0.4) is 0 Å². The van der Waals surface area contributed by atoms with Gasteiger partial charge in [0.05, 0.1) is 30.2 Å². The van der Waals surface area contributed by atoms with Crippen LogP contribution in [0.4, 0.5) is 5.69 Å². The summed E-state index contributed by atoms with van der Waals surface area (Å²) in [5, 5.41) is 9.31. The zero-order chi connectivity index (χ0) is 12.1. The third-order valence-corrected chi connectivity index (χ3v) is 2.29. The number of likely N-dealkylation sites (N-methyl/N-ethyl adjacent to an activating group) is 1. The van der Waals surface area contributed by atoms with E-state index < -0.39 is 6.10 Å². The van der Waals surface area contributed by atoms with Gasteiger partial charge in [-0.15, -0.1) is 0 Å². The standard InChI is InChI=1S/C11H17N3O2/c1-3-14(7-11(12)16)9-4-5-10(8(2)15)13-6-9/h4-6,8,15H,3,7H2,1-2H3,(H2,12,16). The largest absolute Gasteiger partial charge is 0.387 e. The molecular weight excluding hydrogens is 206 g/mol. The lowest BCUT2D eigenvalue weighted by atomic mass is 10.2. The molecule has 0 aromatic carbocycles. The third-order valence-electron chi connectivity index (χ3n) is 2.29. The highest BCUT2D eigenvalue weighted by Gasteiger charge is 2.08. The van der Waals surface area contributed by atoms with Crippen molar-refractivity contribution >= 4 is 11.6 Å². The van der Waals surface area contributed by atoms with Crippen LogP contribution in [-0.4, -0.2) is 29.1 Å². The van der Waals surface area contributed by atoms with Crippen molar-refractivity contribution in [1.82, 2.24) is 4.98 Å². The van der Waals surface area contributed by atoms with Gasteiger partial charge in [-0.25, -0.2) is 0 Å². The van der Waals surface area contributed by atoms with E-state index in [-0.39, 0.29) is 12.5 Å². The zero-order valence-corrected chi connectivity index (χ0v) is 9.55. The second kappa shape index (κ2) is 5.46. The zero-order valence-electron chi connectivity index (χ0n) is 9.55. The molecule has 0 fully saturated rings. The summed E-state index contributed by atoms with van der Waals surface area (Å²) in [6, 6.07) is 3.56. The number of carbonyl (C=O) groups is 1.